The fourth-order valence-electron chi connectivity index (χ4n) is 3.08. The summed E-state index contributed by atoms with van der Waals surface area (Å²) in [5.74, 6) is 0.551. The molecule has 0 N–H and O–H groups in total. The number of piperazine rings is 1. The van der Waals surface area contributed by atoms with Crippen LogP contribution in [0, 0.1) is 0 Å². The van der Waals surface area contributed by atoms with Crippen molar-refractivity contribution in [2.45, 2.75) is 11.7 Å². The van der Waals surface area contributed by atoms with E-state index in [1.165, 1.54) is 16.6 Å². The van der Waals surface area contributed by atoms with Gasteiger partial charge in [0, 0.05) is 43.3 Å². The predicted molar refractivity (Wildman–Crippen MR) is 108 cm³/mol. The molecular weight excluding hydrogens is 378 g/mol. The summed E-state index contributed by atoms with van der Waals surface area (Å²) in [7, 11) is 0. The summed E-state index contributed by atoms with van der Waals surface area (Å²) < 4.78 is 1.91. The molecule has 1 aliphatic rings. The molecule has 1 fully saturated rings. The number of benzene rings is 1. The van der Waals surface area contributed by atoms with Crippen LogP contribution in [-0.4, -0.2) is 62.4 Å². The number of rotatable bonds is 6. The second-order valence-corrected chi connectivity index (χ2v) is 8.32. The zero-order chi connectivity index (χ0) is 18.5. The molecule has 1 aromatic carbocycles. The number of nitrogens with zero attached hydrogens (tertiary/aromatic N) is 5. The van der Waals surface area contributed by atoms with Gasteiger partial charge in [0.05, 0.1) is 5.75 Å². The van der Waals surface area contributed by atoms with Gasteiger partial charge in [-0.15, -0.1) is 21.5 Å². The number of hydrogen-bond acceptors (Lipinski definition) is 6. The van der Waals surface area contributed by atoms with E-state index in [-0.39, 0.29) is 5.91 Å². The first-order valence-electron chi connectivity index (χ1n) is 8.90. The van der Waals surface area contributed by atoms with Crippen LogP contribution >= 0.6 is 23.1 Å². The molecule has 3 heterocycles. The number of para-hydroxylation sites is 1. The minimum atomic E-state index is 0.165. The Hall–Kier alpha value is -2.16. The average Bonchev–Trinajstić information content (AvgIpc) is 3.39. The van der Waals surface area contributed by atoms with E-state index in [0.29, 0.717) is 5.75 Å². The van der Waals surface area contributed by atoms with Crippen molar-refractivity contribution < 1.29 is 4.79 Å². The molecule has 140 valence electrons. The highest BCUT2D eigenvalue weighted by Gasteiger charge is 2.22. The van der Waals surface area contributed by atoms with Crippen molar-refractivity contribution in [3.05, 3.63) is 59.0 Å². The number of amides is 1. The zero-order valence-corrected chi connectivity index (χ0v) is 16.5. The molecule has 3 aromatic rings. The number of hydrogen-bond donors (Lipinski definition) is 0. The lowest BCUT2D eigenvalue weighted by molar-refractivity contribution is -0.130. The van der Waals surface area contributed by atoms with Crippen LogP contribution in [0.4, 0.5) is 0 Å². The van der Waals surface area contributed by atoms with Gasteiger partial charge in [-0.3, -0.25) is 14.3 Å². The van der Waals surface area contributed by atoms with Crippen LogP contribution < -0.4 is 0 Å². The summed E-state index contributed by atoms with van der Waals surface area (Å²) in [5.41, 5.74) is 1.000. The largest absolute Gasteiger partial charge is 0.339 e. The van der Waals surface area contributed by atoms with Gasteiger partial charge in [-0.1, -0.05) is 36.0 Å². The predicted octanol–water partition coefficient (Wildman–Crippen LogP) is 2.77. The first kappa shape index (κ1) is 18.2. The molecule has 27 heavy (non-hydrogen) atoms. The number of thiophene rings is 1. The van der Waals surface area contributed by atoms with Gasteiger partial charge in [-0.25, -0.2) is 0 Å². The van der Waals surface area contributed by atoms with Crippen LogP contribution in [-0.2, 0) is 11.3 Å². The Morgan fingerprint density at radius 3 is 2.63 bits per heavy atom. The maximum atomic E-state index is 12.6. The van der Waals surface area contributed by atoms with E-state index in [9.17, 15) is 4.79 Å². The average molecular weight is 400 g/mol. The Kier molecular flexibility index (Phi) is 5.86. The first-order valence-corrected chi connectivity index (χ1v) is 10.8. The van der Waals surface area contributed by atoms with Crippen molar-refractivity contribution in [3.63, 3.8) is 0 Å². The molecule has 1 aliphatic heterocycles. The molecule has 0 bridgehead atoms. The molecule has 0 saturated carbocycles. The molecule has 0 spiro atoms. The van der Waals surface area contributed by atoms with Crippen molar-refractivity contribution in [2.24, 2.45) is 0 Å². The SMILES string of the molecule is O=C(CSc1nncn1-c1ccccc1)N1CCN(Cc2cccs2)CC1. The molecule has 0 radical (unpaired) electrons. The van der Waals surface area contributed by atoms with Crippen molar-refractivity contribution in [1.82, 2.24) is 24.6 Å². The lowest BCUT2D eigenvalue weighted by atomic mass is 10.3. The minimum Gasteiger partial charge on any atom is -0.339 e. The van der Waals surface area contributed by atoms with Gasteiger partial charge in [0.25, 0.3) is 0 Å². The lowest BCUT2D eigenvalue weighted by Gasteiger charge is -2.34. The first-order chi connectivity index (χ1) is 13.3. The normalized spacial score (nSPS) is 15.2. The third kappa shape index (κ3) is 4.58. The van der Waals surface area contributed by atoms with E-state index in [2.05, 4.69) is 32.6 Å². The summed E-state index contributed by atoms with van der Waals surface area (Å²) in [4.78, 5) is 18.3. The number of carbonyl (C=O) groups is 1. The molecular formula is C19H21N5OS2. The molecule has 8 heteroatoms. The van der Waals surface area contributed by atoms with Gasteiger partial charge < -0.3 is 4.90 Å². The Morgan fingerprint density at radius 2 is 1.89 bits per heavy atom. The van der Waals surface area contributed by atoms with Gasteiger partial charge in [0.15, 0.2) is 5.16 Å². The molecule has 6 nitrogen and oxygen atoms in total. The van der Waals surface area contributed by atoms with Gasteiger partial charge >= 0.3 is 0 Å². The summed E-state index contributed by atoms with van der Waals surface area (Å²) in [6.07, 6.45) is 1.69. The van der Waals surface area contributed by atoms with E-state index in [1.807, 2.05) is 39.8 Å². The molecule has 0 atom stereocenters. The number of thioether (sulfide) groups is 1. The number of carbonyl (C=O) groups excluding carboxylic acids is 1. The standard InChI is InChI=1S/C19H21N5OS2/c25-18(23-10-8-22(9-11-23)13-17-7-4-12-26-17)14-27-19-21-20-15-24(19)16-5-2-1-3-6-16/h1-7,12,15H,8-11,13-14H2. The van der Waals surface area contributed by atoms with E-state index in [0.717, 1.165) is 43.6 Å². The molecule has 1 saturated heterocycles. The van der Waals surface area contributed by atoms with Crippen LogP contribution in [0.1, 0.15) is 4.88 Å². The van der Waals surface area contributed by atoms with Crippen LogP contribution in [0.25, 0.3) is 5.69 Å². The van der Waals surface area contributed by atoms with Crippen molar-refractivity contribution in [2.75, 3.05) is 31.9 Å². The van der Waals surface area contributed by atoms with Gasteiger partial charge in [-0.2, -0.15) is 0 Å². The monoisotopic (exact) mass is 399 g/mol. The highest BCUT2D eigenvalue weighted by Crippen LogP contribution is 2.20. The minimum absolute atomic E-state index is 0.165. The van der Waals surface area contributed by atoms with Gasteiger partial charge in [0.2, 0.25) is 5.91 Å². The van der Waals surface area contributed by atoms with Crippen LogP contribution in [0.5, 0.6) is 0 Å². The second-order valence-electron chi connectivity index (χ2n) is 6.34. The van der Waals surface area contributed by atoms with E-state index in [1.54, 1.807) is 17.7 Å². The van der Waals surface area contributed by atoms with E-state index in [4.69, 9.17) is 0 Å². The van der Waals surface area contributed by atoms with Gasteiger partial charge in [0.1, 0.15) is 6.33 Å². The maximum absolute atomic E-state index is 12.6. The third-order valence-electron chi connectivity index (χ3n) is 4.56. The second kappa shape index (κ2) is 8.69. The summed E-state index contributed by atoms with van der Waals surface area (Å²) in [6.45, 7) is 4.41. The van der Waals surface area contributed by atoms with E-state index >= 15 is 0 Å². The molecule has 0 aliphatic carbocycles. The van der Waals surface area contributed by atoms with E-state index < -0.39 is 0 Å². The molecule has 2 aromatic heterocycles. The fourth-order valence-corrected chi connectivity index (χ4v) is 4.66. The van der Waals surface area contributed by atoms with Crippen molar-refractivity contribution >= 4 is 29.0 Å². The van der Waals surface area contributed by atoms with Gasteiger partial charge in [-0.05, 0) is 23.6 Å². The molecule has 0 unspecified atom stereocenters. The molecule has 1 amide bonds. The summed E-state index contributed by atoms with van der Waals surface area (Å²) in [6, 6.07) is 14.2. The number of aromatic nitrogens is 3. The van der Waals surface area contributed by atoms with Crippen molar-refractivity contribution in [3.8, 4) is 5.69 Å². The Bertz CT molecular complexity index is 857. The van der Waals surface area contributed by atoms with Crippen LogP contribution in [0.3, 0.4) is 0 Å². The van der Waals surface area contributed by atoms with Crippen LogP contribution in [0.2, 0.25) is 0 Å². The lowest BCUT2D eigenvalue weighted by Crippen LogP contribution is -2.48. The Labute approximate surface area is 166 Å². The Balaban J connectivity index is 1.28. The smallest absolute Gasteiger partial charge is 0.233 e. The summed E-state index contributed by atoms with van der Waals surface area (Å²) in [5, 5.41) is 11.0. The summed E-state index contributed by atoms with van der Waals surface area (Å²) >= 11 is 3.23. The highest BCUT2D eigenvalue weighted by molar-refractivity contribution is 7.99. The quantitative estimate of drug-likeness (QED) is 0.597. The molecule has 4 rings (SSSR count). The third-order valence-corrected chi connectivity index (χ3v) is 6.35. The van der Waals surface area contributed by atoms with Crippen molar-refractivity contribution in [1.29, 1.82) is 0 Å². The zero-order valence-electron chi connectivity index (χ0n) is 14.9. The Morgan fingerprint density at radius 1 is 1.07 bits per heavy atom. The van der Waals surface area contributed by atoms with Crippen LogP contribution in [0.15, 0.2) is 59.3 Å². The fraction of sp³-hybridized carbons (Fsp3) is 0.316. The maximum Gasteiger partial charge on any atom is 0.233 e. The topological polar surface area (TPSA) is 54.3 Å². The highest BCUT2D eigenvalue weighted by atomic mass is 32.2.